The summed E-state index contributed by atoms with van der Waals surface area (Å²) in [5.74, 6) is 0.645. The molecule has 0 radical (unpaired) electrons. The average molecular weight is 403 g/mol. The molecule has 0 aliphatic heterocycles. The lowest BCUT2D eigenvalue weighted by molar-refractivity contribution is 0.769. The number of nitrogen functional groups attached to an aromatic ring is 1. The lowest BCUT2D eigenvalue weighted by Gasteiger charge is -2.28. The maximum absolute atomic E-state index is 6.27. The van der Waals surface area contributed by atoms with Crippen LogP contribution in [0, 0.1) is 0 Å². The molecule has 1 unspecified atom stereocenters. The Labute approximate surface area is 159 Å². The summed E-state index contributed by atoms with van der Waals surface area (Å²) in [7, 11) is 0. The van der Waals surface area contributed by atoms with E-state index in [1.807, 2.05) is 36.7 Å². The second-order valence-electron chi connectivity index (χ2n) is 6.47. The molecule has 0 spiro atoms. The molecule has 0 amide bonds. The fourth-order valence-corrected chi connectivity index (χ4v) is 4.25. The van der Waals surface area contributed by atoms with Crippen LogP contribution in [0.5, 0.6) is 0 Å². The van der Waals surface area contributed by atoms with Gasteiger partial charge in [0.05, 0.1) is 16.9 Å². The smallest absolute Gasteiger partial charge is 0.133 e. The Morgan fingerprint density at radius 3 is 2.73 bits per heavy atom. The van der Waals surface area contributed by atoms with E-state index in [4.69, 9.17) is 10.7 Å². The summed E-state index contributed by atoms with van der Waals surface area (Å²) in [6.07, 6.45) is 4.47. The molecule has 3 heterocycles. The summed E-state index contributed by atoms with van der Waals surface area (Å²) < 4.78 is 1.06. The van der Waals surface area contributed by atoms with Gasteiger partial charge in [0.15, 0.2) is 0 Å². The number of hydrogen-bond donors (Lipinski definition) is 1. The SMILES string of the molecule is Nc1nc2c(c3ncccc13)C(c1cccc(Br)c1)Cc1ncccc1-2. The zero-order chi connectivity index (χ0) is 17.7. The highest BCUT2D eigenvalue weighted by Gasteiger charge is 2.31. The number of nitrogens with two attached hydrogens (primary N) is 1. The van der Waals surface area contributed by atoms with Crippen LogP contribution >= 0.6 is 15.9 Å². The van der Waals surface area contributed by atoms with Gasteiger partial charge in [-0.05, 0) is 42.0 Å². The zero-order valence-corrected chi connectivity index (χ0v) is 15.4. The molecule has 1 atom stereocenters. The maximum Gasteiger partial charge on any atom is 0.133 e. The Morgan fingerprint density at radius 2 is 1.85 bits per heavy atom. The van der Waals surface area contributed by atoms with Gasteiger partial charge in [-0.1, -0.05) is 28.1 Å². The van der Waals surface area contributed by atoms with E-state index in [2.05, 4.69) is 50.2 Å². The molecule has 1 aliphatic carbocycles. The average Bonchev–Trinajstić information content (AvgIpc) is 2.67. The van der Waals surface area contributed by atoms with Crippen LogP contribution in [0.15, 0.2) is 65.4 Å². The monoisotopic (exact) mass is 402 g/mol. The summed E-state index contributed by atoms with van der Waals surface area (Å²) >= 11 is 3.59. The summed E-state index contributed by atoms with van der Waals surface area (Å²) in [5, 5.41) is 0.901. The second-order valence-corrected chi connectivity index (χ2v) is 7.38. The molecule has 5 heteroatoms. The van der Waals surface area contributed by atoms with Gasteiger partial charge in [-0.25, -0.2) is 4.98 Å². The fourth-order valence-electron chi connectivity index (χ4n) is 3.83. The van der Waals surface area contributed by atoms with E-state index >= 15 is 0 Å². The van der Waals surface area contributed by atoms with E-state index in [-0.39, 0.29) is 5.92 Å². The number of anilines is 1. The standard InChI is InChI=1S/C21H15BrN4/c22-13-5-1-4-12(10-13)16-11-17-14(6-2-8-24-17)20-18(16)19-15(21(23)26-20)7-3-9-25-19/h1-10,16H,11H2,(H2,23,26). The number of rotatable bonds is 1. The maximum atomic E-state index is 6.27. The highest BCUT2D eigenvalue weighted by atomic mass is 79.9. The molecule has 1 aliphatic rings. The number of nitrogens with zero attached hydrogens (tertiary/aromatic N) is 3. The number of pyridine rings is 3. The molecule has 26 heavy (non-hydrogen) atoms. The summed E-state index contributed by atoms with van der Waals surface area (Å²) in [5.41, 5.74) is 12.5. The molecule has 4 aromatic rings. The summed E-state index contributed by atoms with van der Waals surface area (Å²) in [6.45, 7) is 0. The highest BCUT2D eigenvalue weighted by molar-refractivity contribution is 9.10. The second kappa shape index (κ2) is 5.88. The number of halogens is 1. The molecule has 2 N–H and O–H groups in total. The topological polar surface area (TPSA) is 64.7 Å². The van der Waals surface area contributed by atoms with Gasteiger partial charge in [0.1, 0.15) is 5.82 Å². The Bertz CT molecular complexity index is 1160. The molecule has 0 fully saturated rings. The van der Waals surface area contributed by atoms with E-state index in [0.717, 1.165) is 44.3 Å². The fraction of sp³-hybridized carbons (Fsp3) is 0.0952. The highest BCUT2D eigenvalue weighted by Crippen LogP contribution is 2.44. The summed E-state index contributed by atoms with van der Waals surface area (Å²) in [6, 6.07) is 16.3. The predicted molar refractivity (Wildman–Crippen MR) is 107 cm³/mol. The van der Waals surface area contributed by atoms with Crippen LogP contribution in [-0.2, 0) is 6.42 Å². The molecule has 0 saturated heterocycles. The van der Waals surface area contributed by atoms with Crippen LogP contribution in [0.25, 0.3) is 22.2 Å². The third-order valence-corrected chi connectivity index (χ3v) is 5.46. The van der Waals surface area contributed by atoms with Gasteiger partial charge in [-0.3, -0.25) is 9.97 Å². The number of hydrogen-bond acceptors (Lipinski definition) is 4. The van der Waals surface area contributed by atoms with Crippen molar-refractivity contribution >= 4 is 32.7 Å². The van der Waals surface area contributed by atoms with Crippen LogP contribution < -0.4 is 5.73 Å². The molecule has 0 saturated carbocycles. The van der Waals surface area contributed by atoms with E-state index in [1.165, 1.54) is 5.56 Å². The first-order chi connectivity index (χ1) is 12.7. The summed E-state index contributed by atoms with van der Waals surface area (Å²) in [4.78, 5) is 14.1. The number of aromatic nitrogens is 3. The van der Waals surface area contributed by atoms with Gasteiger partial charge >= 0.3 is 0 Å². The number of benzene rings is 1. The normalized spacial score (nSPS) is 15.5. The number of fused-ring (bicyclic) bond motifs is 5. The van der Waals surface area contributed by atoms with Crippen molar-refractivity contribution in [2.75, 3.05) is 5.73 Å². The van der Waals surface area contributed by atoms with Crippen molar-refractivity contribution in [2.24, 2.45) is 0 Å². The third kappa shape index (κ3) is 2.31. The minimum atomic E-state index is 0.135. The largest absolute Gasteiger partial charge is 0.383 e. The van der Waals surface area contributed by atoms with E-state index in [1.54, 1.807) is 0 Å². The Hall–Kier alpha value is -2.79. The first kappa shape index (κ1) is 15.5. The van der Waals surface area contributed by atoms with Crippen molar-refractivity contribution in [1.29, 1.82) is 0 Å². The van der Waals surface area contributed by atoms with Gasteiger partial charge in [0, 0.05) is 45.7 Å². The molecule has 4 nitrogen and oxygen atoms in total. The molecule has 5 rings (SSSR count). The Balaban J connectivity index is 1.88. The first-order valence-electron chi connectivity index (χ1n) is 8.46. The third-order valence-electron chi connectivity index (χ3n) is 4.97. The van der Waals surface area contributed by atoms with Gasteiger partial charge < -0.3 is 5.73 Å². The van der Waals surface area contributed by atoms with Crippen LogP contribution in [0.1, 0.15) is 22.7 Å². The first-order valence-corrected chi connectivity index (χ1v) is 9.25. The van der Waals surface area contributed by atoms with Gasteiger partial charge in [0.25, 0.3) is 0 Å². The van der Waals surface area contributed by atoms with Crippen molar-refractivity contribution in [3.63, 3.8) is 0 Å². The van der Waals surface area contributed by atoms with Crippen LogP contribution in [0.2, 0.25) is 0 Å². The lowest BCUT2D eigenvalue weighted by atomic mass is 9.78. The predicted octanol–water partition coefficient (Wildman–Crippen LogP) is 4.72. The van der Waals surface area contributed by atoms with Gasteiger partial charge in [-0.15, -0.1) is 0 Å². The van der Waals surface area contributed by atoms with Crippen LogP contribution in [0.3, 0.4) is 0 Å². The minimum absolute atomic E-state index is 0.135. The van der Waals surface area contributed by atoms with Crippen molar-refractivity contribution in [3.05, 3.63) is 82.2 Å². The minimum Gasteiger partial charge on any atom is -0.383 e. The molecular formula is C21H15BrN4. The Kier molecular flexibility index (Phi) is 3.50. The molecule has 0 bridgehead atoms. The molecule has 1 aromatic carbocycles. The van der Waals surface area contributed by atoms with Gasteiger partial charge in [0.2, 0.25) is 0 Å². The van der Waals surface area contributed by atoms with Crippen molar-refractivity contribution < 1.29 is 0 Å². The molecule has 3 aromatic heterocycles. The quantitative estimate of drug-likeness (QED) is 0.499. The Morgan fingerprint density at radius 1 is 1.00 bits per heavy atom. The van der Waals surface area contributed by atoms with Crippen LogP contribution in [0.4, 0.5) is 5.82 Å². The van der Waals surface area contributed by atoms with Crippen molar-refractivity contribution in [3.8, 4) is 11.3 Å². The van der Waals surface area contributed by atoms with Crippen molar-refractivity contribution in [1.82, 2.24) is 15.0 Å². The van der Waals surface area contributed by atoms with Gasteiger partial charge in [-0.2, -0.15) is 0 Å². The van der Waals surface area contributed by atoms with Crippen molar-refractivity contribution in [2.45, 2.75) is 12.3 Å². The van der Waals surface area contributed by atoms with E-state index < -0.39 is 0 Å². The molecular weight excluding hydrogens is 388 g/mol. The molecule has 126 valence electrons. The van der Waals surface area contributed by atoms with Crippen LogP contribution in [-0.4, -0.2) is 15.0 Å². The van der Waals surface area contributed by atoms with E-state index in [0.29, 0.717) is 5.82 Å². The van der Waals surface area contributed by atoms with E-state index in [9.17, 15) is 0 Å². The zero-order valence-electron chi connectivity index (χ0n) is 13.9. The lowest BCUT2D eigenvalue weighted by Crippen LogP contribution is -2.17.